The third-order valence-electron chi connectivity index (χ3n) is 1.51. The van der Waals surface area contributed by atoms with E-state index in [1.54, 1.807) is 0 Å². The quantitative estimate of drug-likeness (QED) is 0.896. The third kappa shape index (κ3) is 3.09. The van der Waals surface area contributed by atoms with E-state index >= 15 is 0 Å². The predicted molar refractivity (Wildman–Crippen MR) is 61.2 cm³/mol. The predicted octanol–water partition coefficient (Wildman–Crippen LogP) is 2.32. The fourth-order valence-corrected chi connectivity index (χ4v) is 1.37. The number of imidazole rings is 1. The molecule has 4 nitrogen and oxygen atoms in total. The number of rotatable bonds is 3. The van der Waals surface area contributed by atoms with Gasteiger partial charge in [-0.25, -0.2) is 4.98 Å². The summed E-state index contributed by atoms with van der Waals surface area (Å²) in [6, 6.07) is 0. The Morgan fingerprint density at radius 2 is 2.21 bits per heavy atom. The lowest BCUT2D eigenvalue weighted by Gasteiger charge is -2.04. The normalized spacial score (nSPS) is 10.6. The minimum atomic E-state index is -0.190. The molecule has 1 rings (SSSR count). The molecule has 0 saturated heterocycles. The molecule has 0 aliphatic heterocycles. The molecule has 1 heterocycles. The second-order valence-corrected chi connectivity index (χ2v) is 4.84. The van der Waals surface area contributed by atoms with Gasteiger partial charge in [0.2, 0.25) is 0 Å². The number of nitrogens with one attached hydrogen (secondary N) is 2. The van der Waals surface area contributed by atoms with Gasteiger partial charge in [-0.3, -0.25) is 4.79 Å². The molecule has 2 N–H and O–H groups in total. The fraction of sp³-hybridized carbons (Fsp3) is 0.500. The van der Waals surface area contributed by atoms with Crippen LogP contribution in [-0.2, 0) is 0 Å². The average molecular weight is 325 g/mol. The molecule has 1 aromatic heterocycles. The first-order chi connectivity index (χ1) is 6.50. The zero-order valence-corrected chi connectivity index (χ0v) is 11.1. The molecule has 0 radical (unpaired) electrons. The molecule has 1 amide bonds. The van der Waals surface area contributed by atoms with E-state index in [4.69, 9.17) is 0 Å². The maximum atomic E-state index is 11.5. The third-order valence-corrected chi connectivity index (χ3v) is 3.18. The minimum Gasteiger partial charge on any atom is -0.349 e. The molecule has 0 fully saturated rings. The van der Waals surface area contributed by atoms with Crippen LogP contribution in [0.15, 0.2) is 9.21 Å². The highest BCUT2D eigenvalue weighted by Crippen LogP contribution is 2.19. The maximum absolute atomic E-state index is 11.5. The molecule has 0 aliphatic carbocycles. The van der Waals surface area contributed by atoms with Crippen LogP contribution < -0.4 is 5.32 Å². The molecule has 14 heavy (non-hydrogen) atoms. The lowest BCUT2D eigenvalue weighted by atomic mass is 10.2. The van der Waals surface area contributed by atoms with Gasteiger partial charge in [0.15, 0.2) is 5.82 Å². The number of aromatic amines is 1. The molecule has 0 bridgehead atoms. The van der Waals surface area contributed by atoms with Gasteiger partial charge in [-0.05, 0) is 37.8 Å². The summed E-state index contributed by atoms with van der Waals surface area (Å²) >= 11 is 6.41. The van der Waals surface area contributed by atoms with Crippen molar-refractivity contribution in [2.45, 2.75) is 13.8 Å². The summed E-state index contributed by atoms with van der Waals surface area (Å²) in [6.45, 7) is 4.72. The summed E-state index contributed by atoms with van der Waals surface area (Å²) in [4.78, 5) is 18.3. The second-order valence-electron chi connectivity index (χ2n) is 3.29. The fourth-order valence-electron chi connectivity index (χ4n) is 0.819. The highest BCUT2D eigenvalue weighted by molar-refractivity contribution is 9.13. The van der Waals surface area contributed by atoms with Crippen molar-refractivity contribution in [1.29, 1.82) is 0 Å². The van der Waals surface area contributed by atoms with Gasteiger partial charge in [-0.1, -0.05) is 13.8 Å². The first kappa shape index (κ1) is 11.7. The molecular weight excluding hydrogens is 314 g/mol. The van der Waals surface area contributed by atoms with Crippen molar-refractivity contribution in [2.75, 3.05) is 6.54 Å². The number of halogens is 2. The summed E-state index contributed by atoms with van der Waals surface area (Å²) in [5.41, 5.74) is 0. The Balaban J connectivity index is 2.61. The molecule has 6 heteroatoms. The molecule has 0 atom stereocenters. The van der Waals surface area contributed by atoms with Crippen LogP contribution in [-0.4, -0.2) is 22.4 Å². The maximum Gasteiger partial charge on any atom is 0.287 e. The van der Waals surface area contributed by atoms with Crippen molar-refractivity contribution in [2.24, 2.45) is 5.92 Å². The molecule has 0 aromatic carbocycles. The van der Waals surface area contributed by atoms with Crippen LogP contribution in [0.25, 0.3) is 0 Å². The van der Waals surface area contributed by atoms with Gasteiger partial charge in [-0.15, -0.1) is 0 Å². The Kier molecular flexibility index (Phi) is 4.12. The second kappa shape index (κ2) is 4.93. The Morgan fingerprint density at radius 1 is 1.57 bits per heavy atom. The van der Waals surface area contributed by atoms with Gasteiger partial charge in [0.05, 0.1) is 0 Å². The van der Waals surface area contributed by atoms with Crippen LogP contribution in [0.3, 0.4) is 0 Å². The zero-order chi connectivity index (χ0) is 10.7. The number of nitrogens with zero attached hydrogens (tertiary/aromatic N) is 1. The van der Waals surface area contributed by atoms with Crippen LogP contribution >= 0.6 is 31.9 Å². The van der Waals surface area contributed by atoms with Crippen LogP contribution in [0.1, 0.15) is 24.5 Å². The lowest BCUT2D eigenvalue weighted by molar-refractivity contribution is 0.0939. The van der Waals surface area contributed by atoms with Gasteiger partial charge in [-0.2, -0.15) is 0 Å². The number of hydrogen-bond donors (Lipinski definition) is 2. The van der Waals surface area contributed by atoms with Crippen molar-refractivity contribution in [1.82, 2.24) is 15.3 Å². The molecule has 0 saturated carbocycles. The van der Waals surface area contributed by atoms with Crippen molar-refractivity contribution in [3.8, 4) is 0 Å². The Hall–Kier alpha value is -0.360. The largest absolute Gasteiger partial charge is 0.349 e. The lowest BCUT2D eigenvalue weighted by Crippen LogP contribution is -2.28. The average Bonchev–Trinajstić information content (AvgIpc) is 2.43. The highest BCUT2D eigenvalue weighted by Gasteiger charge is 2.12. The first-order valence-electron chi connectivity index (χ1n) is 4.20. The van der Waals surface area contributed by atoms with E-state index in [0.717, 1.165) is 0 Å². The highest BCUT2D eigenvalue weighted by atomic mass is 79.9. The van der Waals surface area contributed by atoms with E-state index in [2.05, 4.69) is 47.1 Å². The summed E-state index contributed by atoms with van der Waals surface area (Å²) in [7, 11) is 0. The van der Waals surface area contributed by atoms with E-state index in [0.29, 0.717) is 27.5 Å². The standard InChI is InChI=1S/C8H11Br2N3O/c1-4(2)3-11-8(14)7-12-5(9)6(10)13-7/h4H,3H2,1-2H3,(H,11,14)(H,12,13). The van der Waals surface area contributed by atoms with Gasteiger partial charge >= 0.3 is 0 Å². The number of aromatic nitrogens is 2. The Labute approximate surface area is 99.1 Å². The number of H-pyrrole nitrogens is 1. The SMILES string of the molecule is CC(C)CNC(=O)c1nc(Br)c(Br)[nH]1. The summed E-state index contributed by atoms with van der Waals surface area (Å²) < 4.78 is 1.28. The van der Waals surface area contributed by atoms with Gasteiger partial charge in [0.25, 0.3) is 5.91 Å². The van der Waals surface area contributed by atoms with Crippen LogP contribution in [0.5, 0.6) is 0 Å². The van der Waals surface area contributed by atoms with Gasteiger partial charge in [0.1, 0.15) is 9.21 Å². The summed E-state index contributed by atoms with van der Waals surface area (Å²) in [6.07, 6.45) is 0. The molecule has 0 unspecified atom stereocenters. The summed E-state index contributed by atoms with van der Waals surface area (Å²) in [5, 5.41) is 2.76. The van der Waals surface area contributed by atoms with Crippen molar-refractivity contribution >= 4 is 37.8 Å². The zero-order valence-electron chi connectivity index (χ0n) is 7.90. The number of carbonyl (C=O) groups excluding carboxylic acids is 1. The van der Waals surface area contributed by atoms with Gasteiger partial charge in [0, 0.05) is 6.54 Å². The molecule has 0 aliphatic rings. The Morgan fingerprint density at radius 3 is 2.64 bits per heavy atom. The van der Waals surface area contributed by atoms with Crippen molar-refractivity contribution in [3.05, 3.63) is 15.0 Å². The van der Waals surface area contributed by atoms with Crippen molar-refractivity contribution < 1.29 is 4.79 Å². The molecule has 1 aromatic rings. The van der Waals surface area contributed by atoms with Crippen LogP contribution in [0.2, 0.25) is 0 Å². The van der Waals surface area contributed by atoms with Gasteiger partial charge < -0.3 is 10.3 Å². The van der Waals surface area contributed by atoms with E-state index in [9.17, 15) is 4.79 Å². The van der Waals surface area contributed by atoms with E-state index in [1.807, 2.05) is 13.8 Å². The minimum absolute atomic E-state index is 0.190. The number of hydrogen-bond acceptors (Lipinski definition) is 2. The van der Waals surface area contributed by atoms with Crippen LogP contribution in [0, 0.1) is 5.92 Å². The smallest absolute Gasteiger partial charge is 0.287 e. The van der Waals surface area contributed by atoms with E-state index in [1.165, 1.54) is 0 Å². The Bertz CT molecular complexity index is 316. The first-order valence-corrected chi connectivity index (χ1v) is 5.78. The molecule has 0 spiro atoms. The van der Waals surface area contributed by atoms with E-state index < -0.39 is 0 Å². The number of amides is 1. The summed E-state index contributed by atoms with van der Waals surface area (Å²) in [5.74, 6) is 0.551. The number of carbonyl (C=O) groups is 1. The topological polar surface area (TPSA) is 57.8 Å². The van der Waals surface area contributed by atoms with Crippen molar-refractivity contribution in [3.63, 3.8) is 0 Å². The monoisotopic (exact) mass is 323 g/mol. The molecule has 78 valence electrons. The molecular formula is C8H11Br2N3O. The van der Waals surface area contributed by atoms with E-state index in [-0.39, 0.29) is 5.91 Å². The van der Waals surface area contributed by atoms with Crippen LogP contribution in [0.4, 0.5) is 0 Å².